The summed E-state index contributed by atoms with van der Waals surface area (Å²) in [5.41, 5.74) is 2.97. The van der Waals surface area contributed by atoms with Crippen molar-refractivity contribution in [1.29, 1.82) is 0 Å². The van der Waals surface area contributed by atoms with Gasteiger partial charge >= 0.3 is 11.9 Å². The molecule has 0 radical (unpaired) electrons. The molecule has 10 nitrogen and oxygen atoms in total. The standard InChI is InChI=1S/C18H18N4O6S/c1-4-28-17(27)14-9(2)19-18(29-14)20-15(24)13(10(3)23)22-21-12-7-5-11(6-8-12)16(25)26/h5-8,21H,4H2,1-3H3,(H,25,26)(H,19,20,24)/b22-13+. The van der Waals surface area contributed by atoms with Crippen LogP contribution in [-0.4, -0.2) is 46.0 Å². The van der Waals surface area contributed by atoms with Gasteiger partial charge in [-0.3, -0.25) is 20.3 Å². The summed E-state index contributed by atoms with van der Waals surface area (Å²) in [6.45, 7) is 4.65. The number of nitrogens with one attached hydrogen (secondary N) is 2. The van der Waals surface area contributed by atoms with E-state index >= 15 is 0 Å². The van der Waals surface area contributed by atoms with Crippen molar-refractivity contribution in [2.45, 2.75) is 20.8 Å². The van der Waals surface area contributed by atoms with Crippen LogP contribution in [0.25, 0.3) is 0 Å². The quantitative estimate of drug-likeness (QED) is 0.256. The van der Waals surface area contributed by atoms with Crippen LogP contribution in [0.3, 0.4) is 0 Å². The second kappa shape index (κ2) is 9.55. The summed E-state index contributed by atoms with van der Waals surface area (Å²) in [7, 11) is 0. The van der Waals surface area contributed by atoms with Crippen LogP contribution in [0, 0.1) is 6.92 Å². The number of hydrogen-bond donors (Lipinski definition) is 3. The molecule has 152 valence electrons. The molecular weight excluding hydrogens is 400 g/mol. The van der Waals surface area contributed by atoms with Crippen molar-refractivity contribution in [1.82, 2.24) is 4.98 Å². The Morgan fingerprint density at radius 3 is 2.41 bits per heavy atom. The number of esters is 1. The predicted molar refractivity (Wildman–Crippen MR) is 107 cm³/mol. The molecule has 0 aliphatic rings. The van der Waals surface area contributed by atoms with Gasteiger partial charge in [0.2, 0.25) is 0 Å². The molecule has 0 aliphatic carbocycles. The molecule has 1 aromatic carbocycles. The summed E-state index contributed by atoms with van der Waals surface area (Å²) < 4.78 is 4.92. The number of carboxylic acids is 1. The van der Waals surface area contributed by atoms with Gasteiger partial charge < -0.3 is 9.84 Å². The zero-order valence-corrected chi connectivity index (χ0v) is 16.6. The lowest BCUT2D eigenvalue weighted by molar-refractivity contribution is -0.114. The summed E-state index contributed by atoms with van der Waals surface area (Å²) in [5, 5.41) is 15.2. The SMILES string of the molecule is CCOC(=O)c1sc(NC(=O)/C(=N/Nc2ccc(C(=O)O)cc2)C(C)=O)nc1C. The van der Waals surface area contributed by atoms with Gasteiger partial charge in [-0.1, -0.05) is 11.3 Å². The number of ketones is 1. The zero-order chi connectivity index (χ0) is 21.6. The molecule has 0 atom stereocenters. The summed E-state index contributed by atoms with van der Waals surface area (Å²) in [6.07, 6.45) is 0. The van der Waals surface area contributed by atoms with Gasteiger partial charge in [-0.15, -0.1) is 0 Å². The molecular formula is C18H18N4O6S. The highest BCUT2D eigenvalue weighted by atomic mass is 32.1. The second-order valence-electron chi connectivity index (χ2n) is 5.62. The number of aromatic nitrogens is 1. The summed E-state index contributed by atoms with van der Waals surface area (Å²) in [5.74, 6) is -3.04. The van der Waals surface area contributed by atoms with Gasteiger partial charge in [0.15, 0.2) is 16.6 Å². The molecule has 0 saturated heterocycles. The topological polar surface area (TPSA) is 147 Å². The normalized spacial score (nSPS) is 10.9. The number of aryl methyl sites for hydroxylation is 1. The highest BCUT2D eigenvalue weighted by Gasteiger charge is 2.21. The molecule has 3 N–H and O–H groups in total. The number of anilines is 2. The third-order valence-corrected chi connectivity index (χ3v) is 4.51. The van der Waals surface area contributed by atoms with Gasteiger partial charge in [0.05, 0.1) is 23.6 Å². The van der Waals surface area contributed by atoms with Crippen LogP contribution in [-0.2, 0) is 14.3 Å². The van der Waals surface area contributed by atoms with E-state index in [0.29, 0.717) is 11.4 Å². The zero-order valence-electron chi connectivity index (χ0n) is 15.8. The van der Waals surface area contributed by atoms with Gasteiger partial charge in [-0.05, 0) is 38.1 Å². The number of hydrazone groups is 1. The molecule has 0 bridgehead atoms. The Labute approximate surface area is 169 Å². The van der Waals surface area contributed by atoms with E-state index in [-0.39, 0.29) is 22.2 Å². The van der Waals surface area contributed by atoms with Crippen molar-refractivity contribution >= 4 is 51.5 Å². The number of Topliss-reactive ketones (excluding diaryl/α,β-unsaturated/α-hetero) is 1. The molecule has 0 spiro atoms. The first-order valence-corrected chi connectivity index (χ1v) is 9.18. The van der Waals surface area contributed by atoms with Crippen molar-refractivity contribution in [2.75, 3.05) is 17.3 Å². The largest absolute Gasteiger partial charge is 0.478 e. The van der Waals surface area contributed by atoms with Crippen LogP contribution in [0.15, 0.2) is 29.4 Å². The third kappa shape index (κ3) is 5.69. The molecule has 1 amide bonds. The Morgan fingerprint density at radius 1 is 1.21 bits per heavy atom. The van der Waals surface area contributed by atoms with E-state index in [2.05, 4.69) is 20.8 Å². The second-order valence-corrected chi connectivity index (χ2v) is 6.62. The maximum atomic E-state index is 12.4. The van der Waals surface area contributed by atoms with Crippen molar-refractivity contribution < 1.29 is 29.0 Å². The fourth-order valence-corrected chi connectivity index (χ4v) is 2.94. The minimum Gasteiger partial charge on any atom is -0.478 e. The van der Waals surface area contributed by atoms with Crippen LogP contribution < -0.4 is 10.7 Å². The molecule has 2 aromatic rings. The van der Waals surface area contributed by atoms with E-state index in [4.69, 9.17) is 9.84 Å². The number of hydrogen-bond acceptors (Lipinski definition) is 9. The Balaban J connectivity index is 2.14. The molecule has 11 heteroatoms. The number of carbonyl (C=O) groups excluding carboxylic acids is 3. The molecule has 0 unspecified atom stereocenters. The third-order valence-electron chi connectivity index (χ3n) is 3.46. The lowest BCUT2D eigenvalue weighted by Gasteiger charge is -2.05. The number of aromatic carboxylic acids is 1. The molecule has 0 fully saturated rings. The van der Waals surface area contributed by atoms with Gasteiger partial charge in [0.25, 0.3) is 5.91 Å². The number of carbonyl (C=O) groups is 4. The Hall–Kier alpha value is -3.60. The van der Waals surface area contributed by atoms with E-state index in [0.717, 1.165) is 11.3 Å². The minimum absolute atomic E-state index is 0.0839. The fourth-order valence-electron chi connectivity index (χ4n) is 2.09. The molecule has 1 aromatic heterocycles. The monoisotopic (exact) mass is 418 g/mol. The number of ether oxygens (including phenoxy) is 1. The number of rotatable bonds is 8. The van der Waals surface area contributed by atoms with Gasteiger partial charge in [0.1, 0.15) is 4.88 Å². The molecule has 1 heterocycles. The van der Waals surface area contributed by atoms with Crippen LogP contribution in [0.1, 0.15) is 39.6 Å². The predicted octanol–water partition coefficient (Wildman–Crippen LogP) is 2.32. The van der Waals surface area contributed by atoms with Crippen LogP contribution in [0.4, 0.5) is 10.8 Å². The first-order valence-electron chi connectivity index (χ1n) is 8.36. The van der Waals surface area contributed by atoms with Gasteiger partial charge in [-0.2, -0.15) is 5.10 Å². The Bertz CT molecular complexity index is 981. The summed E-state index contributed by atoms with van der Waals surface area (Å²) in [6, 6.07) is 5.59. The van der Waals surface area contributed by atoms with Crippen molar-refractivity contribution in [2.24, 2.45) is 5.10 Å². The molecule has 0 saturated carbocycles. The first kappa shape index (κ1) is 21.7. The van der Waals surface area contributed by atoms with Crippen LogP contribution in [0.2, 0.25) is 0 Å². The maximum absolute atomic E-state index is 12.4. The van der Waals surface area contributed by atoms with E-state index in [1.807, 2.05) is 0 Å². The summed E-state index contributed by atoms with van der Waals surface area (Å²) in [4.78, 5) is 51.2. The van der Waals surface area contributed by atoms with Crippen molar-refractivity contribution in [3.8, 4) is 0 Å². The maximum Gasteiger partial charge on any atom is 0.350 e. The first-order chi connectivity index (χ1) is 13.7. The van der Waals surface area contributed by atoms with Crippen LogP contribution >= 0.6 is 11.3 Å². The average Bonchev–Trinajstić information content (AvgIpc) is 3.02. The smallest absolute Gasteiger partial charge is 0.350 e. The number of amides is 1. The molecule has 29 heavy (non-hydrogen) atoms. The number of carboxylic acid groups (broad SMARTS) is 1. The number of nitrogens with zero attached hydrogens (tertiary/aromatic N) is 2. The number of benzene rings is 1. The number of thiazole rings is 1. The van der Waals surface area contributed by atoms with E-state index in [1.54, 1.807) is 13.8 Å². The molecule has 0 aliphatic heterocycles. The highest BCUT2D eigenvalue weighted by Crippen LogP contribution is 2.23. The van der Waals surface area contributed by atoms with E-state index in [9.17, 15) is 19.2 Å². The van der Waals surface area contributed by atoms with Crippen LogP contribution in [0.5, 0.6) is 0 Å². The highest BCUT2D eigenvalue weighted by molar-refractivity contribution is 7.17. The molecule has 2 rings (SSSR count). The Kier molecular flexibility index (Phi) is 7.15. The average molecular weight is 418 g/mol. The minimum atomic E-state index is -1.08. The van der Waals surface area contributed by atoms with Gasteiger partial charge in [0, 0.05) is 6.92 Å². The van der Waals surface area contributed by atoms with Gasteiger partial charge in [-0.25, -0.2) is 14.6 Å². The van der Waals surface area contributed by atoms with E-state index < -0.39 is 29.3 Å². The Morgan fingerprint density at radius 2 is 1.86 bits per heavy atom. The fraction of sp³-hybridized carbons (Fsp3) is 0.222. The lowest BCUT2D eigenvalue weighted by Crippen LogP contribution is -2.29. The summed E-state index contributed by atoms with van der Waals surface area (Å²) >= 11 is 0.924. The van der Waals surface area contributed by atoms with Crippen molar-refractivity contribution in [3.05, 3.63) is 40.4 Å². The van der Waals surface area contributed by atoms with Crippen molar-refractivity contribution in [3.63, 3.8) is 0 Å². The van der Waals surface area contributed by atoms with E-state index in [1.165, 1.54) is 31.2 Å². The lowest BCUT2D eigenvalue weighted by atomic mass is 10.2.